The van der Waals surface area contributed by atoms with Gasteiger partial charge in [-0.25, -0.2) is 0 Å². The van der Waals surface area contributed by atoms with Crippen LogP contribution in [0.15, 0.2) is 0 Å². The van der Waals surface area contributed by atoms with Crippen LogP contribution in [-0.2, 0) is 0 Å². The van der Waals surface area contributed by atoms with Gasteiger partial charge in [0, 0.05) is 6.54 Å². The Bertz CT molecular complexity index is 18.3. The molecule has 0 aliphatic carbocycles. The van der Waals surface area contributed by atoms with Crippen molar-refractivity contribution in [2.24, 2.45) is 0 Å². The monoisotopic (exact) mass is 99.1 g/mol. The normalized spacial score (nSPS) is 7.00. The zero-order valence-electron chi connectivity index (χ0n) is 3.36. The average molecular weight is 99.1 g/mol. The van der Waals surface area contributed by atoms with Crippen LogP contribution in [0.25, 0.3) is 0 Å². The first-order chi connectivity index (χ1) is 2.41. The molecule has 3 heteroatoms. The molecule has 0 bridgehead atoms. The Morgan fingerprint density at radius 2 is 2.17 bits per heavy atom. The number of aliphatic hydroxyl groups is 1. The van der Waals surface area contributed by atoms with Crippen molar-refractivity contribution in [3.8, 4) is 0 Å². The molecule has 0 amide bonds. The molecule has 0 unspecified atom stereocenters. The van der Waals surface area contributed by atoms with Crippen LogP contribution in [0.2, 0.25) is 0 Å². The van der Waals surface area contributed by atoms with Gasteiger partial charge in [0.25, 0.3) is 0 Å². The van der Waals surface area contributed by atoms with Crippen LogP contribution in [0.5, 0.6) is 0 Å². The van der Waals surface area contributed by atoms with Crippen LogP contribution >= 0.6 is 0 Å². The van der Waals surface area contributed by atoms with E-state index in [0.717, 1.165) is 0 Å². The second kappa shape index (κ2) is 9.33. The summed E-state index contributed by atoms with van der Waals surface area (Å²) in [7, 11) is 1.80. The second-order valence-corrected chi connectivity index (χ2v) is 0.827. The molecule has 0 aromatic carbocycles. The fourth-order valence-electron chi connectivity index (χ4n) is 0.112. The molecular weight excluding hydrogens is 89.0 g/mol. The number of aliphatic hydroxyl groups excluding tert-OH is 1. The van der Waals surface area contributed by atoms with Crippen molar-refractivity contribution in [2.45, 2.75) is 0 Å². The van der Waals surface area contributed by atoms with Gasteiger partial charge in [0.15, 0.2) is 0 Å². The van der Waals surface area contributed by atoms with Gasteiger partial charge < -0.3 is 10.4 Å². The summed E-state index contributed by atoms with van der Waals surface area (Å²) in [5.74, 6) is 0. The summed E-state index contributed by atoms with van der Waals surface area (Å²) in [5.41, 5.74) is 0. The van der Waals surface area contributed by atoms with Gasteiger partial charge in [-0.05, 0) is 7.05 Å². The third-order valence-corrected chi connectivity index (χ3v) is 0.362. The summed E-state index contributed by atoms with van der Waals surface area (Å²) < 4.78 is 0. The van der Waals surface area contributed by atoms with E-state index < -0.39 is 0 Å². The van der Waals surface area contributed by atoms with Gasteiger partial charge in [0.1, 0.15) is 0 Å². The quantitative estimate of drug-likeness (QED) is 0.415. The first kappa shape index (κ1) is 10.0. The Kier molecular flexibility index (Phi) is 15.6. The Hall–Kier alpha value is 0.920. The SMILES string of the molecule is CNCCO.[NaH]. The summed E-state index contributed by atoms with van der Waals surface area (Å²) in [6.45, 7) is 0.927. The minimum absolute atomic E-state index is 0. The van der Waals surface area contributed by atoms with E-state index in [1.807, 2.05) is 0 Å². The van der Waals surface area contributed by atoms with Crippen LogP contribution in [-0.4, -0.2) is 54.9 Å². The van der Waals surface area contributed by atoms with Gasteiger partial charge in [-0.1, -0.05) is 0 Å². The number of hydrogen-bond acceptors (Lipinski definition) is 2. The molecule has 0 aromatic rings. The molecule has 0 spiro atoms. The van der Waals surface area contributed by atoms with Gasteiger partial charge in [-0.2, -0.15) is 0 Å². The molecule has 2 N–H and O–H groups in total. The molecule has 0 aliphatic rings. The van der Waals surface area contributed by atoms with Crippen molar-refractivity contribution < 1.29 is 5.11 Å². The molecule has 34 valence electrons. The van der Waals surface area contributed by atoms with Gasteiger partial charge in [-0.15, -0.1) is 0 Å². The fraction of sp³-hybridized carbons (Fsp3) is 1.00. The van der Waals surface area contributed by atoms with Gasteiger partial charge in [0.05, 0.1) is 6.61 Å². The predicted octanol–water partition coefficient (Wildman–Crippen LogP) is -1.45. The van der Waals surface area contributed by atoms with Crippen molar-refractivity contribution in [1.82, 2.24) is 5.32 Å². The van der Waals surface area contributed by atoms with Crippen LogP contribution in [0.3, 0.4) is 0 Å². The molecule has 0 heterocycles. The van der Waals surface area contributed by atoms with Gasteiger partial charge in [0.2, 0.25) is 0 Å². The van der Waals surface area contributed by atoms with E-state index in [0.29, 0.717) is 6.54 Å². The third-order valence-electron chi connectivity index (χ3n) is 0.362. The predicted molar refractivity (Wildman–Crippen MR) is 28.2 cm³/mol. The van der Waals surface area contributed by atoms with E-state index in [2.05, 4.69) is 5.32 Å². The second-order valence-electron chi connectivity index (χ2n) is 0.827. The van der Waals surface area contributed by atoms with Gasteiger partial charge >= 0.3 is 29.6 Å². The summed E-state index contributed by atoms with van der Waals surface area (Å²) in [6.07, 6.45) is 0. The summed E-state index contributed by atoms with van der Waals surface area (Å²) in [6, 6.07) is 0. The molecule has 0 aliphatic heterocycles. The topological polar surface area (TPSA) is 32.3 Å². The zero-order valence-corrected chi connectivity index (χ0v) is 3.36. The maximum atomic E-state index is 8.00. The number of hydrogen-bond donors (Lipinski definition) is 2. The van der Waals surface area contributed by atoms with Crippen LogP contribution in [0.1, 0.15) is 0 Å². The van der Waals surface area contributed by atoms with Crippen molar-refractivity contribution >= 4 is 29.6 Å². The summed E-state index contributed by atoms with van der Waals surface area (Å²) >= 11 is 0. The molecule has 0 saturated carbocycles. The van der Waals surface area contributed by atoms with Crippen LogP contribution in [0.4, 0.5) is 0 Å². The van der Waals surface area contributed by atoms with Gasteiger partial charge in [-0.3, -0.25) is 0 Å². The van der Waals surface area contributed by atoms with E-state index in [1.165, 1.54) is 0 Å². The minimum atomic E-state index is 0. The summed E-state index contributed by atoms with van der Waals surface area (Å²) in [5, 5.41) is 10.8. The molecule has 0 saturated heterocycles. The zero-order chi connectivity index (χ0) is 4.12. The fourth-order valence-corrected chi connectivity index (χ4v) is 0.112. The van der Waals surface area contributed by atoms with Crippen molar-refractivity contribution in [3.05, 3.63) is 0 Å². The van der Waals surface area contributed by atoms with Crippen molar-refractivity contribution in [3.63, 3.8) is 0 Å². The molecular formula is C3H10NNaO. The van der Waals surface area contributed by atoms with E-state index in [9.17, 15) is 0 Å². The standard InChI is InChI=1S/C3H9NO.Na.H/c1-4-2-3-5;;/h4-5H,2-3H2,1H3;;. The molecule has 2 nitrogen and oxygen atoms in total. The number of rotatable bonds is 2. The van der Waals surface area contributed by atoms with Crippen molar-refractivity contribution in [2.75, 3.05) is 20.2 Å². The Balaban J connectivity index is 0. The molecule has 0 aromatic heterocycles. The average Bonchev–Trinajstić information content (AvgIpc) is 1.41. The van der Waals surface area contributed by atoms with Crippen LogP contribution in [0, 0.1) is 0 Å². The third kappa shape index (κ3) is 8.87. The molecule has 6 heavy (non-hydrogen) atoms. The Morgan fingerprint density at radius 1 is 1.67 bits per heavy atom. The van der Waals surface area contributed by atoms with E-state index in [4.69, 9.17) is 5.11 Å². The molecule has 0 radical (unpaired) electrons. The van der Waals surface area contributed by atoms with E-state index in [-0.39, 0.29) is 36.2 Å². The number of nitrogens with one attached hydrogen (secondary N) is 1. The molecule has 0 atom stereocenters. The van der Waals surface area contributed by atoms with Crippen molar-refractivity contribution in [1.29, 1.82) is 0 Å². The maximum absolute atomic E-state index is 8.00. The van der Waals surface area contributed by atoms with E-state index in [1.54, 1.807) is 7.05 Å². The molecule has 0 rings (SSSR count). The Morgan fingerprint density at radius 3 is 2.17 bits per heavy atom. The number of likely N-dealkylation sites (N-methyl/N-ethyl adjacent to an activating group) is 1. The Labute approximate surface area is 60.2 Å². The molecule has 0 fully saturated rings. The van der Waals surface area contributed by atoms with E-state index >= 15 is 0 Å². The summed E-state index contributed by atoms with van der Waals surface area (Å²) in [4.78, 5) is 0. The first-order valence-electron chi connectivity index (χ1n) is 1.67. The van der Waals surface area contributed by atoms with Crippen LogP contribution < -0.4 is 5.32 Å². The first-order valence-corrected chi connectivity index (χ1v) is 1.67.